The Bertz CT molecular complexity index is 2550. The van der Waals surface area contributed by atoms with Gasteiger partial charge in [-0.05, 0) is 83.7 Å². The maximum atomic E-state index is 14.1. The number of alkyl carbamates (subject to hydrolysis) is 1. The minimum absolute atomic E-state index is 0.106. The van der Waals surface area contributed by atoms with E-state index in [2.05, 4.69) is 86.6 Å². The summed E-state index contributed by atoms with van der Waals surface area (Å²) < 4.78 is 4.77. The third-order valence-corrected chi connectivity index (χ3v) is 11.9. The molecule has 8 rings (SSSR count). The second-order valence-corrected chi connectivity index (χ2v) is 16.3. The highest BCUT2D eigenvalue weighted by Gasteiger charge is 2.38. The molecule has 4 aromatic carbocycles. The average molecular weight is 836 g/mol. The van der Waals surface area contributed by atoms with Crippen molar-refractivity contribution in [2.45, 2.75) is 70.6 Å². The third kappa shape index (κ3) is 8.76. The van der Waals surface area contributed by atoms with Gasteiger partial charge in [0.2, 0.25) is 11.8 Å². The zero-order valence-electron chi connectivity index (χ0n) is 35.5. The number of likely N-dealkylation sites (tertiary alicyclic amines) is 2. The van der Waals surface area contributed by atoms with Gasteiger partial charge >= 0.3 is 12.1 Å². The molecule has 2 fully saturated rings. The summed E-state index contributed by atoms with van der Waals surface area (Å²) in [6, 6.07) is 28.1. The first-order chi connectivity index (χ1) is 30.1. The summed E-state index contributed by atoms with van der Waals surface area (Å²) in [6.07, 6.45) is 6.32. The van der Waals surface area contributed by atoms with E-state index in [0.29, 0.717) is 19.6 Å². The minimum atomic E-state index is -0.817. The molecule has 0 bridgehead atoms. The molecule has 0 radical (unpaired) electrons. The maximum Gasteiger partial charge on any atom is 0.407 e. The van der Waals surface area contributed by atoms with E-state index < -0.39 is 18.2 Å². The molecule has 4 atom stereocenters. The number of carbonyl (C=O) groups excluding carboxylic acids is 4. The number of rotatable bonds is 12. The molecule has 14 heteroatoms. The van der Waals surface area contributed by atoms with Crippen molar-refractivity contribution < 1.29 is 23.9 Å². The van der Waals surface area contributed by atoms with Gasteiger partial charge in [-0.15, -0.1) is 0 Å². The zero-order chi connectivity index (χ0) is 43.3. The summed E-state index contributed by atoms with van der Waals surface area (Å²) in [6.45, 7) is 7.27. The van der Waals surface area contributed by atoms with E-state index in [4.69, 9.17) is 14.7 Å². The number of benzene rings is 4. The molecule has 62 heavy (non-hydrogen) atoms. The lowest BCUT2D eigenvalue weighted by molar-refractivity contribution is -0.135. The highest BCUT2D eigenvalue weighted by Crippen LogP contribution is 2.36. The van der Waals surface area contributed by atoms with E-state index in [1.807, 2.05) is 73.3 Å². The normalized spacial score (nSPS) is 17.2. The van der Waals surface area contributed by atoms with Crippen LogP contribution >= 0.6 is 0 Å². The van der Waals surface area contributed by atoms with Gasteiger partial charge in [0.05, 0.1) is 36.8 Å². The van der Waals surface area contributed by atoms with Crippen LogP contribution < -0.4 is 16.0 Å². The first kappa shape index (κ1) is 41.8. The Morgan fingerprint density at radius 2 is 1.40 bits per heavy atom. The summed E-state index contributed by atoms with van der Waals surface area (Å²) >= 11 is 0. The Hall–Kier alpha value is -6.96. The number of methoxy groups -OCH3 is 1. The van der Waals surface area contributed by atoms with Crippen molar-refractivity contribution in [1.82, 2.24) is 45.7 Å². The number of amides is 5. The van der Waals surface area contributed by atoms with Gasteiger partial charge in [0, 0.05) is 31.4 Å². The van der Waals surface area contributed by atoms with Crippen molar-refractivity contribution in [2.75, 3.05) is 26.7 Å². The Labute approximate surface area is 360 Å². The molecule has 0 spiro atoms. The molecule has 2 aromatic heterocycles. The van der Waals surface area contributed by atoms with Crippen LogP contribution in [-0.2, 0) is 14.3 Å². The van der Waals surface area contributed by atoms with Crippen LogP contribution in [0.25, 0.3) is 44.4 Å². The van der Waals surface area contributed by atoms with Crippen LogP contribution in [0.2, 0.25) is 0 Å². The van der Waals surface area contributed by atoms with Gasteiger partial charge in [0.1, 0.15) is 23.7 Å². The number of urea groups is 1. The van der Waals surface area contributed by atoms with E-state index >= 15 is 0 Å². The molecule has 2 aliphatic heterocycles. The topological polar surface area (TPSA) is 177 Å². The fraction of sp³-hybridized carbons (Fsp3) is 0.333. The first-order valence-corrected chi connectivity index (χ1v) is 21.4. The number of aromatic amines is 2. The highest BCUT2D eigenvalue weighted by molar-refractivity contribution is 5.91. The van der Waals surface area contributed by atoms with Crippen molar-refractivity contribution in [3.8, 4) is 33.6 Å². The Kier molecular flexibility index (Phi) is 12.4. The summed E-state index contributed by atoms with van der Waals surface area (Å²) in [7, 11) is 1.29. The van der Waals surface area contributed by atoms with Gasteiger partial charge in [0.15, 0.2) is 0 Å². The number of nitrogens with one attached hydrogen (secondary N) is 5. The van der Waals surface area contributed by atoms with Gasteiger partial charge in [-0.3, -0.25) is 9.59 Å². The lowest BCUT2D eigenvalue weighted by atomic mass is 9.98. The van der Waals surface area contributed by atoms with Crippen molar-refractivity contribution in [3.05, 3.63) is 121 Å². The van der Waals surface area contributed by atoms with Crippen LogP contribution in [0.15, 0.2) is 103 Å². The molecule has 0 aliphatic carbocycles. The van der Waals surface area contributed by atoms with Crippen LogP contribution in [0, 0.1) is 5.92 Å². The SMILES string of the molecule is CCNC(=O)N[C@@H](C(=O)N1CCC[C@H]1c1nc(-c2ccc3cc(-c4ccc(-c5cnc([C@@H]6CCCN6C(=O)[C@@H](NC(=O)OC)C(C)C)[nH]5)cc4)ccc3c2)c[nH]1)c1ccccc1. The van der Waals surface area contributed by atoms with Crippen molar-refractivity contribution in [1.29, 1.82) is 0 Å². The highest BCUT2D eigenvalue weighted by atomic mass is 16.5. The molecule has 5 amide bonds. The lowest BCUT2D eigenvalue weighted by Crippen LogP contribution is -2.51. The summed E-state index contributed by atoms with van der Waals surface area (Å²) in [5.41, 5.74) is 6.51. The number of ether oxygens (including phenoxy) is 1. The largest absolute Gasteiger partial charge is 0.453 e. The van der Waals surface area contributed by atoms with Gasteiger partial charge in [0.25, 0.3) is 0 Å². The van der Waals surface area contributed by atoms with Crippen LogP contribution in [-0.4, -0.2) is 86.5 Å². The lowest BCUT2D eigenvalue weighted by Gasteiger charge is -2.30. The number of H-pyrrole nitrogens is 2. The Balaban J connectivity index is 0.942. The van der Waals surface area contributed by atoms with Crippen LogP contribution in [0.4, 0.5) is 9.59 Å². The van der Waals surface area contributed by atoms with E-state index in [1.54, 1.807) is 0 Å². The number of nitrogens with zero attached hydrogens (tertiary/aromatic N) is 4. The van der Waals surface area contributed by atoms with Gasteiger partial charge in [-0.25, -0.2) is 19.6 Å². The van der Waals surface area contributed by atoms with E-state index in [0.717, 1.165) is 87.3 Å². The quantitative estimate of drug-likeness (QED) is 0.0828. The van der Waals surface area contributed by atoms with Crippen molar-refractivity contribution in [3.63, 3.8) is 0 Å². The maximum absolute atomic E-state index is 14.1. The summed E-state index contributed by atoms with van der Waals surface area (Å²) in [5.74, 6) is 1.04. The van der Waals surface area contributed by atoms with E-state index in [1.165, 1.54) is 7.11 Å². The molecule has 2 aliphatic rings. The zero-order valence-corrected chi connectivity index (χ0v) is 35.5. The van der Waals surface area contributed by atoms with Crippen LogP contribution in [0.1, 0.15) is 81.8 Å². The molecule has 320 valence electrons. The van der Waals surface area contributed by atoms with E-state index in [9.17, 15) is 19.2 Å². The monoisotopic (exact) mass is 835 g/mol. The second kappa shape index (κ2) is 18.3. The van der Waals surface area contributed by atoms with E-state index in [-0.39, 0.29) is 35.8 Å². The van der Waals surface area contributed by atoms with Crippen molar-refractivity contribution in [2.24, 2.45) is 5.92 Å². The molecule has 2 saturated heterocycles. The fourth-order valence-electron chi connectivity index (χ4n) is 8.68. The van der Waals surface area contributed by atoms with Gasteiger partial charge in [-0.1, -0.05) is 92.7 Å². The average Bonchev–Trinajstić information content (AvgIpc) is 4.14. The molecule has 0 saturated carbocycles. The van der Waals surface area contributed by atoms with Crippen molar-refractivity contribution >= 4 is 34.7 Å². The molecular weight excluding hydrogens is 783 g/mol. The van der Waals surface area contributed by atoms with Crippen LogP contribution in [0.5, 0.6) is 0 Å². The smallest absolute Gasteiger partial charge is 0.407 e. The number of fused-ring (bicyclic) bond motifs is 1. The molecule has 14 nitrogen and oxygen atoms in total. The number of hydrogen-bond acceptors (Lipinski definition) is 7. The second-order valence-electron chi connectivity index (χ2n) is 16.3. The predicted molar refractivity (Wildman–Crippen MR) is 237 cm³/mol. The molecule has 4 heterocycles. The standard InChI is InChI=1S/C48H53N9O5/c1-5-49-47(60)54-42(32-11-7-6-8-12-32)46(59)57-24-10-14-40(57)44-51-28-38(53-44)36-22-21-34-25-33(19-20-35(34)26-36)30-15-17-31(18-16-30)37-27-50-43(52-37)39-13-9-23-56(39)45(58)41(29(2)3)55-48(61)62-4/h6-8,11-12,15-22,25-29,39-42H,5,9-10,13-14,23-24H2,1-4H3,(H,50,52)(H,51,53)(H,55,61)(H2,49,54,60)/t39-,40-,41-,42+/m0/s1. The molecular formula is C48H53N9O5. The van der Waals surface area contributed by atoms with Gasteiger partial charge in [-0.2, -0.15) is 0 Å². The van der Waals surface area contributed by atoms with Gasteiger partial charge < -0.3 is 40.5 Å². The number of carbonyl (C=O) groups is 4. The third-order valence-electron chi connectivity index (χ3n) is 11.9. The Morgan fingerprint density at radius 3 is 2.08 bits per heavy atom. The van der Waals surface area contributed by atoms with Crippen LogP contribution in [0.3, 0.4) is 0 Å². The number of hydrogen-bond donors (Lipinski definition) is 5. The predicted octanol–water partition coefficient (Wildman–Crippen LogP) is 8.06. The fourth-order valence-corrected chi connectivity index (χ4v) is 8.68. The molecule has 5 N–H and O–H groups in total. The summed E-state index contributed by atoms with van der Waals surface area (Å²) in [4.78, 5) is 72.4. The number of imidazole rings is 2. The number of aromatic nitrogens is 4. The first-order valence-electron chi connectivity index (χ1n) is 21.4. The minimum Gasteiger partial charge on any atom is -0.453 e. The molecule has 0 unspecified atom stereocenters. The summed E-state index contributed by atoms with van der Waals surface area (Å²) in [5, 5.41) is 10.5. The molecule has 6 aromatic rings. The Morgan fingerprint density at radius 1 is 0.774 bits per heavy atom.